The molecule has 0 radical (unpaired) electrons. The number of carbonyl (C=O) groups is 2. The summed E-state index contributed by atoms with van der Waals surface area (Å²) in [6.07, 6.45) is 1.53. The minimum Gasteiger partial charge on any atom is -0.496 e. The summed E-state index contributed by atoms with van der Waals surface area (Å²) in [4.78, 5) is 26.0. The van der Waals surface area contributed by atoms with Gasteiger partial charge < -0.3 is 19.5 Å². The van der Waals surface area contributed by atoms with Gasteiger partial charge in [-0.05, 0) is 30.3 Å². The van der Waals surface area contributed by atoms with E-state index >= 15 is 0 Å². The number of halogens is 1. The van der Waals surface area contributed by atoms with Crippen molar-refractivity contribution in [2.24, 2.45) is 0 Å². The third-order valence-electron chi connectivity index (χ3n) is 3.97. The third kappa shape index (κ3) is 2.72. The van der Waals surface area contributed by atoms with Crippen LogP contribution in [0.25, 0.3) is 6.08 Å². The lowest BCUT2D eigenvalue weighted by Crippen LogP contribution is -2.30. The zero-order chi connectivity index (χ0) is 18.3. The predicted octanol–water partition coefficient (Wildman–Crippen LogP) is 3.17. The number of anilines is 1. The van der Waals surface area contributed by atoms with E-state index in [-0.39, 0.29) is 12.5 Å². The van der Waals surface area contributed by atoms with Crippen molar-refractivity contribution in [1.82, 2.24) is 5.32 Å². The second-order valence-corrected chi connectivity index (χ2v) is 5.99. The highest BCUT2D eigenvalue weighted by Crippen LogP contribution is 2.39. The van der Waals surface area contributed by atoms with Gasteiger partial charge in [0.15, 0.2) is 11.5 Å². The van der Waals surface area contributed by atoms with E-state index in [0.29, 0.717) is 33.5 Å². The number of urea groups is 1. The Labute approximate surface area is 153 Å². The number of rotatable bonds is 3. The monoisotopic (exact) mass is 372 g/mol. The molecular formula is C18H13ClN2O5. The maximum Gasteiger partial charge on any atom is 0.333 e. The summed E-state index contributed by atoms with van der Waals surface area (Å²) in [5, 5.41) is 3.00. The molecule has 2 aliphatic heterocycles. The van der Waals surface area contributed by atoms with Crippen molar-refractivity contribution < 1.29 is 23.8 Å². The molecule has 2 aliphatic rings. The molecule has 3 amide bonds. The number of imide groups is 1. The molecule has 2 aromatic carbocycles. The molecule has 132 valence electrons. The highest BCUT2D eigenvalue weighted by molar-refractivity contribution is 6.32. The smallest absolute Gasteiger partial charge is 0.333 e. The lowest BCUT2D eigenvalue weighted by molar-refractivity contribution is -0.113. The average molecular weight is 373 g/mol. The Balaban J connectivity index is 1.71. The van der Waals surface area contributed by atoms with Crippen molar-refractivity contribution in [3.05, 3.63) is 52.7 Å². The van der Waals surface area contributed by atoms with Crippen molar-refractivity contribution in [2.75, 3.05) is 18.8 Å². The number of hydrogen-bond donors (Lipinski definition) is 1. The Kier molecular flexibility index (Phi) is 3.93. The topological polar surface area (TPSA) is 77.1 Å². The fourth-order valence-electron chi connectivity index (χ4n) is 2.77. The molecule has 1 N–H and O–H groups in total. The SMILES string of the molecule is COc1cc2c(cc1/C=C1/NC(=O)N(c3cccc(Cl)c3)C1=O)OCO2. The maximum absolute atomic E-state index is 12.7. The Morgan fingerprint density at radius 3 is 2.69 bits per heavy atom. The van der Waals surface area contributed by atoms with Crippen LogP contribution >= 0.6 is 11.6 Å². The summed E-state index contributed by atoms with van der Waals surface area (Å²) in [5.74, 6) is 1.11. The molecule has 7 nitrogen and oxygen atoms in total. The first-order valence-electron chi connectivity index (χ1n) is 7.67. The van der Waals surface area contributed by atoms with Crippen molar-refractivity contribution >= 4 is 35.3 Å². The summed E-state index contributed by atoms with van der Waals surface area (Å²) in [6, 6.07) is 9.32. The van der Waals surface area contributed by atoms with Gasteiger partial charge in [-0.15, -0.1) is 0 Å². The third-order valence-corrected chi connectivity index (χ3v) is 4.20. The minimum atomic E-state index is -0.553. The number of hydrogen-bond acceptors (Lipinski definition) is 5. The number of fused-ring (bicyclic) bond motifs is 1. The molecule has 0 atom stereocenters. The van der Waals surface area contributed by atoms with Crippen LogP contribution in [0.2, 0.25) is 5.02 Å². The number of methoxy groups -OCH3 is 1. The van der Waals surface area contributed by atoms with Crippen LogP contribution in [-0.4, -0.2) is 25.8 Å². The summed E-state index contributed by atoms with van der Waals surface area (Å²) in [6.45, 7) is 0.122. The molecular weight excluding hydrogens is 360 g/mol. The number of nitrogens with zero attached hydrogens (tertiary/aromatic N) is 1. The predicted molar refractivity (Wildman–Crippen MR) is 94.6 cm³/mol. The Morgan fingerprint density at radius 1 is 1.19 bits per heavy atom. The van der Waals surface area contributed by atoms with Gasteiger partial charge >= 0.3 is 6.03 Å². The standard InChI is InChI=1S/C18H13ClN2O5/c1-24-14-8-16-15(25-9-26-16)6-10(14)5-13-17(22)21(18(23)20-13)12-4-2-3-11(19)7-12/h2-8H,9H2,1H3,(H,20,23)/b13-5+. The molecule has 2 aromatic rings. The van der Waals surface area contributed by atoms with E-state index in [1.807, 2.05) is 0 Å². The Morgan fingerprint density at radius 2 is 1.96 bits per heavy atom. The van der Waals surface area contributed by atoms with Gasteiger partial charge in [-0.3, -0.25) is 4.79 Å². The summed E-state index contributed by atoms with van der Waals surface area (Å²) < 4.78 is 16.0. The molecule has 0 unspecified atom stereocenters. The van der Waals surface area contributed by atoms with Crippen LogP contribution in [0.15, 0.2) is 42.1 Å². The normalized spacial score (nSPS) is 17.0. The van der Waals surface area contributed by atoms with Crippen LogP contribution in [-0.2, 0) is 4.79 Å². The summed E-state index contributed by atoms with van der Waals surface area (Å²) >= 11 is 5.95. The Bertz CT molecular complexity index is 957. The van der Waals surface area contributed by atoms with E-state index in [9.17, 15) is 9.59 Å². The van der Waals surface area contributed by atoms with E-state index in [1.54, 1.807) is 36.4 Å². The molecule has 0 saturated carbocycles. The molecule has 1 fully saturated rings. The molecule has 4 rings (SSSR count). The summed E-state index contributed by atoms with van der Waals surface area (Å²) in [5.41, 5.74) is 1.08. The van der Waals surface area contributed by atoms with Gasteiger partial charge in [0.2, 0.25) is 6.79 Å². The fourth-order valence-corrected chi connectivity index (χ4v) is 2.95. The molecule has 0 aromatic heterocycles. The van der Waals surface area contributed by atoms with Crippen molar-refractivity contribution in [3.63, 3.8) is 0 Å². The highest BCUT2D eigenvalue weighted by Gasteiger charge is 2.35. The van der Waals surface area contributed by atoms with Crippen molar-refractivity contribution in [1.29, 1.82) is 0 Å². The Hall–Kier alpha value is -3.19. The van der Waals surface area contributed by atoms with Crippen LogP contribution in [0, 0.1) is 0 Å². The van der Waals surface area contributed by atoms with Crippen LogP contribution in [0.5, 0.6) is 17.2 Å². The maximum atomic E-state index is 12.7. The quantitative estimate of drug-likeness (QED) is 0.661. The van der Waals surface area contributed by atoms with Crippen molar-refractivity contribution in [2.45, 2.75) is 0 Å². The fraction of sp³-hybridized carbons (Fsp3) is 0.111. The average Bonchev–Trinajstić information content (AvgIpc) is 3.18. The lowest BCUT2D eigenvalue weighted by atomic mass is 10.1. The number of benzene rings is 2. The van der Waals surface area contributed by atoms with E-state index in [2.05, 4.69) is 5.32 Å². The first kappa shape index (κ1) is 16.3. The van der Waals surface area contributed by atoms with Gasteiger partial charge in [-0.2, -0.15) is 0 Å². The number of carbonyl (C=O) groups excluding carboxylic acids is 2. The molecule has 0 aliphatic carbocycles. The first-order valence-corrected chi connectivity index (χ1v) is 8.05. The highest BCUT2D eigenvalue weighted by atomic mass is 35.5. The van der Waals surface area contributed by atoms with E-state index in [1.165, 1.54) is 13.2 Å². The zero-order valence-corrected chi connectivity index (χ0v) is 14.4. The largest absolute Gasteiger partial charge is 0.496 e. The molecule has 8 heteroatoms. The van der Waals surface area contributed by atoms with Crippen molar-refractivity contribution in [3.8, 4) is 17.2 Å². The van der Waals surface area contributed by atoms with Crippen LogP contribution in [0.1, 0.15) is 5.56 Å². The lowest BCUT2D eigenvalue weighted by Gasteiger charge is -2.11. The van der Waals surface area contributed by atoms with Gasteiger partial charge in [-0.25, -0.2) is 9.69 Å². The van der Waals surface area contributed by atoms with Gasteiger partial charge in [0, 0.05) is 16.7 Å². The van der Waals surface area contributed by atoms with Gasteiger partial charge in [-0.1, -0.05) is 17.7 Å². The van der Waals surface area contributed by atoms with E-state index < -0.39 is 11.9 Å². The second-order valence-electron chi connectivity index (χ2n) is 5.56. The summed E-state index contributed by atoms with van der Waals surface area (Å²) in [7, 11) is 1.51. The van der Waals surface area contributed by atoms with Gasteiger partial charge in [0.05, 0.1) is 12.8 Å². The number of ether oxygens (including phenoxy) is 3. The van der Waals surface area contributed by atoms with Gasteiger partial charge in [0.25, 0.3) is 5.91 Å². The van der Waals surface area contributed by atoms with Crippen LogP contribution < -0.4 is 24.4 Å². The van der Waals surface area contributed by atoms with E-state index in [4.69, 9.17) is 25.8 Å². The van der Waals surface area contributed by atoms with Crippen LogP contribution in [0.4, 0.5) is 10.5 Å². The van der Waals surface area contributed by atoms with Crippen LogP contribution in [0.3, 0.4) is 0 Å². The zero-order valence-electron chi connectivity index (χ0n) is 13.6. The van der Waals surface area contributed by atoms with E-state index in [0.717, 1.165) is 4.90 Å². The molecule has 1 saturated heterocycles. The molecule has 26 heavy (non-hydrogen) atoms. The molecule has 0 bridgehead atoms. The minimum absolute atomic E-state index is 0.118. The molecule has 2 heterocycles. The number of nitrogens with one attached hydrogen (secondary N) is 1. The van der Waals surface area contributed by atoms with Gasteiger partial charge in [0.1, 0.15) is 11.4 Å². The second kappa shape index (κ2) is 6.27. The number of amides is 3. The first-order chi connectivity index (χ1) is 12.6. The molecule has 0 spiro atoms.